The van der Waals surface area contributed by atoms with Gasteiger partial charge in [-0.15, -0.1) is 0 Å². The zero-order chi connectivity index (χ0) is 13.9. The molecule has 0 spiro atoms. The van der Waals surface area contributed by atoms with Gasteiger partial charge in [0.1, 0.15) is 5.75 Å². The number of carbonyl (C=O) groups is 1. The number of hydrogen-bond acceptors (Lipinski definition) is 2. The van der Waals surface area contributed by atoms with Crippen LogP contribution in [0.5, 0.6) is 5.75 Å². The van der Waals surface area contributed by atoms with Crippen LogP contribution in [0.3, 0.4) is 0 Å². The second-order valence-electron chi connectivity index (χ2n) is 5.62. The maximum atomic E-state index is 12.3. The second kappa shape index (κ2) is 5.95. The van der Waals surface area contributed by atoms with Crippen LogP contribution in [-0.2, 0) is 0 Å². The Kier molecular flexibility index (Phi) is 4.50. The first-order valence-corrected chi connectivity index (χ1v) is 7.84. The first kappa shape index (κ1) is 14.4. The van der Waals surface area contributed by atoms with Crippen molar-refractivity contribution in [3.05, 3.63) is 29.8 Å². The molecule has 2 unspecified atom stereocenters. The molecule has 104 valence electrons. The van der Waals surface area contributed by atoms with Gasteiger partial charge < -0.3 is 10.4 Å². The lowest BCUT2D eigenvalue weighted by molar-refractivity contribution is 0.0869. The molecular formula is C15H20BrNO2. The van der Waals surface area contributed by atoms with Gasteiger partial charge in [0.25, 0.3) is 5.91 Å². The molecule has 3 nitrogen and oxygen atoms in total. The van der Waals surface area contributed by atoms with Gasteiger partial charge in [0, 0.05) is 10.9 Å². The van der Waals surface area contributed by atoms with Gasteiger partial charge in [-0.25, -0.2) is 0 Å². The largest absolute Gasteiger partial charge is 0.508 e. The molecule has 1 fully saturated rings. The first-order chi connectivity index (χ1) is 9.04. The van der Waals surface area contributed by atoms with Crippen LogP contribution in [0.2, 0.25) is 0 Å². The minimum atomic E-state index is -0.153. The topological polar surface area (TPSA) is 49.3 Å². The van der Waals surface area contributed by atoms with E-state index in [0.717, 1.165) is 24.6 Å². The molecule has 0 aliphatic heterocycles. The Morgan fingerprint density at radius 3 is 3.00 bits per heavy atom. The number of phenols is 1. The second-order valence-corrected chi connectivity index (χ2v) is 6.18. The van der Waals surface area contributed by atoms with E-state index in [0.29, 0.717) is 11.5 Å². The highest BCUT2D eigenvalue weighted by atomic mass is 79.9. The van der Waals surface area contributed by atoms with E-state index >= 15 is 0 Å². The quantitative estimate of drug-likeness (QED) is 0.836. The summed E-state index contributed by atoms with van der Waals surface area (Å²) in [6, 6.07) is 6.49. The molecule has 0 heterocycles. The normalized spacial score (nSPS) is 26.9. The molecule has 1 aromatic rings. The molecule has 19 heavy (non-hydrogen) atoms. The average molecular weight is 326 g/mol. The number of alkyl halides is 1. The van der Waals surface area contributed by atoms with Gasteiger partial charge in [0.2, 0.25) is 0 Å². The summed E-state index contributed by atoms with van der Waals surface area (Å²) in [4.78, 5) is 12.3. The van der Waals surface area contributed by atoms with Crippen molar-refractivity contribution in [1.82, 2.24) is 5.32 Å². The third-order valence-electron chi connectivity index (χ3n) is 3.83. The van der Waals surface area contributed by atoms with Crippen molar-refractivity contribution in [1.29, 1.82) is 0 Å². The highest BCUT2D eigenvalue weighted by Gasteiger charge is 2.35. The van der Waals surface area contributed by atoms with Gasteiger partial charge in [-0.3, -0.25) is 4.79 Å². The minimum Gasteiger partial charge on any atom is -0.508 e. The van der Waals surface area contributed by atoms with Crippen molar-refractivity contribution >= 4 is 21.8 Å². The number of phenolic OH excluding ortho intramolecular Hbond substituents is 1. The monoisotopic (exact) mass is 325 g/mol. The molecule has 1 aromatic carbocycles. The van der Waals surface area contributed by atoms with Crippen LogP contribution in [0.15, 0.2) is 24.3 Å². The van der Waals surface area contributed by atoms with Crippen LogP contribution in [0.1, 0.15) is 43.0 Å². The molecule has 2 atom stereocenters. The van der Waals surface area contributed by atoms with E-state index in [9.17, 15) is 9.90 Å². The lowest BCUT2D eigenvalue weighted by atomic mass is 9.77. The van der Waals surface area contributed by atoms with E-state index in [1.54, 1.807) is 18.2 Å². The predicted octanol–water partition coefficient (Wildman–Crippen LogP) is 3.47. The van der Waals surface area contributed by atoms with Crippen molar-refractivity contribution in [3.63, 3.8) is 0 Å². The lowest BCUT2D eigenvalue weighted by Gasteiger charge is -2.39. The van der Waals surface area contributed by atoms with Crippen molar-refractivity contribution in [2.24, 2.45) is 5.92 Å². The molecule has 2 N–H and O–H groups in total. The molecule has 1 amide bonds. The summed E-state index contributed by atoms with van der Waals surface area (Å²) in [5, 5.41) is 13.4. The van der Waals surface area contributed by atoms with Crippen molar-refractivity contribution < 1.29 is 9.90 Å². The first-order valence-electron chi connectivity index (χ1n) is 6.72. The fraction of sp³-hybridized carbons (Fsp3) is 0.533. The van der Waals surface area contributed by atoms with Gasteiger partial charge in [0.15, 0.2) is 0 Å². The number of halogens is 1. The van der Waals surface area contributed by atoms with Crippen molar-refractivity contribution in [2.45, 2.75) is 38.1 Å². The highest BCUT2D eigenvalue weighted by molar-refractivity contribution is 9.09. The molecule has 1 saturated carbocycles. The van der Waals surface area contributed by atoms with Crippen LogP contribution in [0.4, 0.5) is 0 Å². The Morgan fingerprint density at radius 1 is 1.58 bits per heavy atom. The Balaban J connectivity index is 2.12. The lowest BCUT2D eigenvalue weighted by Crippen LogP contribution is -2.52. The Bertz CT molecular complexity index is 463. The van der Waals surface area contributed by atoms with Gasteiger partial charge in [-0.05, 0) is 37.0 Å². The van der Waals surface area contributed by atoms with E-state index < -0.39 is 0 Å². The summed E-state index contributed by atoms with van der Waals surface area (Å²) in [7, 11) is 0. The number of hydrogen-bond donors (Lipinski definition) is 2. The summed E-state index contributed by atoms with van der Waals surface area (Å²) < 4.78 is 0. The van der Waals surface area contributed by atoms with Crippen molar-refractivity contribution in [3.8, 4) is 5.75 Å². The van der Waals surface area contributed by atoms with E-state index in [1.165, 1.54) is 12.5 Å². The molecule has 2 rings (SSSR count). The van der Waals surface area contributed by atoms with E-state index in [1.807, 2.05) is 0 Å². The highest BCUT2D eigenvalue weighted by Crippen LogP contribution is 2.33. The average Bonchev–Trinajstić information content (AvgIpc) is 2.38. The molecule has 1 aliphatic rings. The third kappa shape index (κ3) is 3.50. The van der Waals surface area contributed by atoms with Gasteiger partial charge in [-0.2, -0.15) is 0 Å². The molecule has 0 aromatic heterocycles. The summed E-state index contributed by atoms with van der Waals surface area (Å²) in [6.07, 6.45) is 4.39. The van der Waals surface area contributed by atoms with Gasteiger partial charge in [0.05, 0.1) is 5.54 Å². The smallest absolute Gasteiger partial charge is 0.251 e. The summed E-state index contributed by atoms with van der Waals surface area (Å²) in [6.45, 7) is 2.23. The summed E-state index contributed by atoms with van der Waals surface area (Å²) in [5.74, 6) is 0.651. The van der Waals surface area contributed by atoms with Crippen molar-refractivity contribution in [2.75, 3.05) is 5.33 Å². The maximum Gasteiger partial charge on any atom is 0.251 e. The van der Waals surface area contributed by atoms with Crippen LogP contribution >= 0.6 is 15.9 Å². The maximum absolute atomic E-state index is 12.3. The Morgan fingerprint density at radius 2 is 2.37 bits per heavy atom. The number of carbonyl (C=O) groups excluding carboxylic acids is 1. The molecule has 1 aliphatic carbocycles. The predicted molar refractivity (Wildman–Crippen MR) is 79.7 cm³/mol. The number of benzene rings is 1. The van der Waals surface area contributed by atoms with Crippen LogP contribution in [0.25, 0.3) is 0 Å². The number of rotatable bonds is 3. The van der Waals surface area contributed by atoms with Crippen LogP contribution in [0, 0.1) is 5.92 Å². The number of amides is 1. The number of nitrogens with one attached hydrogen (secondary N) is 1. The zero-order valence-corrected chi connectivity index (χ0v) is 12.7. The van der Waals surface area contributed by atoms with Crippen LogP contribution < -0.4 is 5.32 Å². The summed E-state index contributed by atoms with van der Waals surface area (Å²) >= 11 is 3.55. The van der Waals surface area contributed by atoms with E-state index in [2.05, 4.69) is 28.2 Å². The molecule has 0 saturated heterocycles. The Labute approximate surface area is 122 Å². The fourth-order valence-corrected chi connectivity index (χ4v) is 3.54. The Hall–Kier alpha value is -1.03. The van der Waals surface area contributed by atoms with E-state index in [-0.39, 0.29) is 17.2 Å². The molecule has 0 radical (unpaired) electrons. The van der Waals surface area contributed by atoms with Gasteiger partial charge >= 0.3 is 0 Å². The number of aromatic hydroxyl groups is 1. The third-order valence-corrected chi connectivity index (χ3v) is 4.91. The van der Waals surface area contributed by atoms with E-state index in [4.69, 9.17) is 0 Å². The minimum absolute atomic E-state index is 0.107. The molecular weight excluding hydrogens is 306 g/mol. The molecule has 4 heteroatoms. The fourth-order valence-electron chi connectivity index (χ4n) is 2.89. The van der Waals surface area contributed by atoms with Crippen LogP contribution in [-0.4, -0.2) is 21.9 Å². The zero-order valence-electron chi connectivity index (χ0n) is 11.2. The standard InChI is InChI=1S/C15H20BrNO2/c1-11-4-3-7-15(9-11,10-16)17-14(19)12-5-2-6-13(18)8-12/h2,5-6,8,11,18H,3-4,7,9-10H2,1H3,(H,17,19). The summed E-state index contributed by atoms with van der Waals surface area (Å²) in [5.41, 5.74) is 0.360. The van der Waals surface area contributed by atoms with Gasteiger partial charge in [-0.1, -0.05) is 41.8 Å². The SMILES string of the molecule is CC1CCCC(CBr)(NC(=O)c2cccc(O)c2)C1. The molecule has 0 bridgehead atoms.